The van der Waals surface area contributed by atoms with E-state index in [9.17, 15) is 19.5 Å². The third-order valence-electron chi connectivity index (χ3n) is 12.3. The lowest BCUT2D eigenvalue weighted by Gasteiger charge is -2.25. The number of unbranched alkanes of at least 4 members (excludes halogenated alkanes) is 27. The number of carboxylic acids is 1. The molecule has 9 heteroatoms. The fourth-order valence-electron chi connectivity index (χ4n) is 7.88. The summed E-state index contributed by atoms with van der Waals surface area (Å²) in [7, 11) is 5.97. The van der Waals surface area contributed by atoms with E-state index in [0.717, 1.165) is 83.5 Å². The molecule has 2 unspecified atom stereocenters. The lowest BCUT2D eigenvalue weighted by atomic mass is 10.0. The van der Waals surface area contributed by atoms with E-state index in [1.165, 1.54) is 135 Å². The van der Waals surface area contributed by atoms with Gasteiger partial charge in [-0.05, 0) is 77.0 Å². The molecule has 9 nitrogen and oxygen atoms in total. The Hall–Kier alpha value is -3.01. The highest BCUT2D eigenvalue weighted by atomic mass is 16.7. The first-order chi connectivity index (χ1) is 33.6. The van der Waals surface area contributed by atoms with Crippen molar-refractivity contribution in [2.45, 2.75) is 257 Å². The van der Waals surface area contributed by atoms with E-state index in [0.29, 0.717) is 17.4 Å². The van der Waals surface area contributed by atoms with E-state index in [1.54, 1.807) is 0 Å². The summed E-state index contributed by atoms with van der Waals surface area (Å²) >= 11 is 0. The maximum atomic E-state index is 12.9. The highest BCUT2D eigenvalue weighted by Gasteiger charge is 2.25. The predicted octanol–water partition coefficient (Wildman–Crippen LogP) is 16.5. The largest absolute Gasteiger partial charge is 0.477 e. The van der Waals surface area contributed by atoms with Gasteiger partial charge >= 0.3 is 17.9 Å². The van der Waals surface area contributed by atoms with Crippen LogP contribution in [0.3, 0.4) is 0 Å². The van der Waals surface area contributed by atoms with Crippen molar-refractivity contribution < 1.29 is 42.9 Å². The second-order valence-corrected chi connectivity index (χ2v) is 20.2. The molecule has 0 aromatic heterocycles. The summed E-state index contributed by atoms with van der Waals surface area (Å²) in [6.45, 7) is 4.77. The van der Waals surface area contributed by atoms with Crippen LogP contribution in [0.5, 0.6) is 0 Å². The van der Waals surface area contributed by atoms with Crippen LogP contribution >= 0.6 is 0 Å². The Balaban J connectivity index is 4.18. The molecule has 0 bridgehead atoms. The molecular formula is C60H108NO8+. The van der Waals surface area contributed by atoms with Crippen LogP contribution in [0.1, 0.15) is 245 Å². The van der Waals surface area contributed by atoms with E-state index < -0.39 is 24.3 Å². The van der Waals surface area contributed by atoms with E-state index in [4.69, 9.17) is 18.9 Å². The Morgan fingerprint density at radius 3 is 1.25 bits per heavy atom. The number of hydrogen-bond acceptors (Lipinski definition) is 7. The highest BCUT2D eigenvalue weighted by molar-refractivity contribution is 5.71. The van der Waals surface area contributed by atoms with Gasteiger partial charge in [0.2, 0.25) is 0 Å². The van der Waals surface area contributed by atoms with Gasteiger partial charge in [-0.15, -0.1) is 0 Å². The lowest BCUT2D eigenvalue weighted by molar-refractivity contribution is -0.870. The molecule has 69 heavy (non-hydrogen) atoms. The van der Waals surface area contributed by atoms with E-state index >= 15 is 0 Å². The molecule has 0 amide bonds. The molecule has 0 fully saturated rings. The van der Waals surface area contributed by atoms with Crippen molar-refractivity contribution in [3.05, 3.63) is 60.8 Å². The summed E-state index contributed by atoms with van der Waals surface area (Å²) in [5.41, 5.74) is 0. The van der Waals surface area contributed by atoms with Gasteiger partial charge in [0.15, 0.2) is 6.10 Å². The Labute approximate surface area is 425 Å². The third kappa shape index (κ3) is 52.6. The minimum absolute atomic E-state index is 0.185. The standard InChI is InChI=1S/C60H107NO8/c1-6-8-10-12-14-16-18-20-22-23-24-25-26-27-28-29-30-31-32-33-34-35-37-39-41-43-45-47-49-51-58(63)69-56(55-68-60(59(64)65)66-53-52-61(3,4)5)54-67-57(62)50-48-46-44-42-40-38-36-21-19-17-15-13-11-9-7-2/h8,10,14,16,20-22,24-25,36,56,60H,6-7,9,11-13,15,17-19,23,26-35,37-55H2,1-5H3/p+1/b10-8-,16-14-,22-20-,25-24-,36-21-. The summed E-state index contributed by atoms with van der Waals surface area (Å²) < 4.78 is 22.9. The number of esters is 2. The number of hydrogen-bond donors (Lipinski definition) is 1. The quantitative estimate of drug-likeness (QED) is 0.0211. The van der Waals surface area contributed by atoms with Crippen molar-refractivity contribution in [2.24, 2.45) is 0 Å². The molecule has 0 aliphatic carbocycles. The van der Waals surface area contributed by atoms with Crippen LogP contribution in [0.25, 0.3) is 0 Å². The molecule has 0 heterocycles. The number of nitrogens with zero attached hydrogens (tertiary/aromatic N) is 1. The van der Waals surface area contributed by atoms with E-state index in [-0.39, 0.29) is 32.2 Å². The van der Waals surface area contributed by atoms with Crippen molar-refractivity contribution >= 4 is 17.9 Å². The van der Waals surface area contributed by atoms with Crippen LogP contribution in [0, 0.1) is 0 Å². The van der Waals surface area contributed by atoms with Crippen LogP contribution in [0.2, 0.25) is 0 Å². The average molecular weight is 972 g/mol. The number of aliphatic carboxylic acids is 1. The van der Waals surface area contributed by atoms with Crippen LogP contribution in [-0.4, -0.2) is 87.4 Å². The van der Waals surface area contributed by atoms with Crippen molar-refractivity contribution in [3.63, 3.8) is 0 Å². The van der Waals surface area contributed by atoms with Gasteiger partial charge in [0, 0.05) is 12.8 Å². The Bertz CT molecular complexity index is 1310. The molecule has 0 spiro atoms. The van der Waals surface area contributed by atoms with Crippen molar-refractivity contribution in [3.8, 4) is 0 Å². The fourth-order valence-corrected chi connectivity index (χ4v) is 7.88. The summed E-state index contributed by atoms with van der Waals surface area (Å²) in [5, 5.41) is 9.69. The molecule has 0 aliphatic rings. The first kappa shape index (κ1) is 66.0. The molecule has 1 N–H and O–H groups in total. The Morgan fingerprint density at radius 2 is 0.826 bits per heavy atom. The second kappa shape index (κ2) is 51.3. The number of carbonyl (C=O) groups excluding carboxylic acids is 2. The van der Waals surface area contributed by atoms with Gasteiger partial charge in [-0.3, -0.25) is 9.59 Å². The smallest absolute Gasteiger partial charge is 0.361 e. The topological polar surface area (TPSA) is 108 Å². The Kier molecular flexibility index (Phi) is 49.1. The zero-order valence-corrected chi connectivity index (χ0v) is 45.5. The second-order valence-electron chi connectivity index (χ2n) is 20.2. The molecular weight excluding hydrogens is 863 g/mol. The van der Waals surface area contributed by atoms with Gasteiger partial charge in [0.1, 0.15) is 13.2 Å². The number of rotatable bonds is 52. The number of carbonyl (C=O) groups is 3. The lowest BCUT2D eigenvalue weighted by Crippen LogP contribution is -2.40. The monoisotopic (exact) mass is 971 g/mol. The summed E-state index contributed by atoms with van der Waals surface area (Å²) in [4.78, 5) is 37.4. The van der Waals surface area contributed by atoms with Crippen molar-refractivity contribution in [1.29, 1.82) is 0 Å². The molecule has 0 rings (SSSR count). The molecule has 400 valence electrons. The SMILES string of the molecule is CC/C=C\C/C=C\C/C=C\C/C=C\CCCCCCCCCCCCCCCCCCC(=O)OC(COC(=O)CCCCCCC/C=C\CCCCCCCC)COC(OCC[N+](C)(C)C)C(=O)O. The fraction of sp³-hybridized carbons (Fsp3) is 0.783. The Morgan fingerprint density at radius 1 is 0.449 bits per heavy atom. The first-order valence-electron chi connectivity index (χ1n) is 28.5. The number of likely N-dealkylation sites (N-methyl/N-ethyl adjacent to an activating group) is 1. The minimum Gasteiger partial charge on any atom is -0.477 e. The minimum atomic E-state index is -1.51. The molecule has 0 saturated heterocycles. The molecule has 0 aliphatic heterocycles. The van der Waals surface area contributed by atoms with Crippen molar-refractivity contribution in [1.82, 2.24) is 0 Å². The van der Waals surface area contributed by atoms with Crippen LogP contribution < -0.4 is 0 Å². The highest BCUT2D eigenvalue weighted by Crippen LogP contribution is 2.16. The molecule has 0 saturated carbocycles. The van der Waals surface area contributed by atoms with Gasteiger partial charge in [-0.1, -0.05) is 216 Å². The summed E-state index contributed by atoms with van der Waals surface area (Å²) in [5.74, 6) is -2.01. The summed E-state index contributed by atoms with van der Waals surface area (Å²) in [6.07, 6.45) is 61.6. The van der Waals surface area contributed by atoms with Crippen LogP contribution in [0.4, 0.5) is 0 Å². The number of quaternary nitrogens is 1. The average Bonchev–Trinajstić information content (AvgIpc) is 3.31. The van der Waals surface area contributed by atoms with E-state index in [2.05, 4.69) is 74.6 Å². The maximum Gasteiger partial charge on any atom is 0.361 e. The molecule has 2 atom stereocenters. The van der Waals surface area contributed by atoms with Gasteiger partial charge in [-0.2, -0.15) is 0 Å². The normalized spacial score (nSPS) is 13.2. The first-order valence-corrected chi connectivity index (χ1v) is 28.5. The maximum absolute atomic E-state index is 12.9. The van der Waals surface area contributed by atoms with Gasteiger partial charge in [0.05, 0.1) is 34.4 Å². The number of ether oxygens (including phenoxy) is 4. The molecule has 0 radical (unpaired) electrons. The van der Waals surface area contributed by atoms with Crippen LogP contribution in [-0.2, 0) is 33.3 Å². The third-order valence-corrected chi connectivity index (χ3v) is 12.3. The van der Waals surface area contributed by atoms with Crippen molar-refractivity contribution in [2.75, 3.05) is 47.5 Å². The zero-order chi connectivity index (χ0) is 50.6. The van der Waals surface area contributed by atoms with Gasteiger partial charge < -0.3 is 28.5 Å². The summed E-state index contributed by atoms with van der Waals surface area (Å²) in [6, 6.07) is 0. The van der Waals surface area contributed by atoms with Crippen LogP contribution in [0.15, 0.2) is 60.8 Å². The molecule has 0 aromatic rings. The predicted molar refractivity (Wildman–Crippen MR) is 290 cm³/mol. The van der Waals surface area contributed by atoms with Gasteiger partial charge in [-0.25, -0.2) is 4.79 Å². The molecule has 0 aromatic carbocycles. The number of allylic oxidation sites excluding steroid dienone is 10. The van der Waals surface area contributed by atoms with Gasteiger partial charge in [0.25, 0.3) is 6.29 Å². The zero-order valence-electron chi connectivity index (χ0n) is 45.5. The van der Waals surface area contributed by atoms with E-state index in [1.807, 2.05) is 21.1 Å². The number of carboxylic acid groups (broad SMARTS) is 1.